The van der Waals surface area contributed by atoms with Crippen LogP contribution in [0.5, 0.6) is 0 Å². The molecule has 0 saturated heterocycles. The van der Waals surface area contributed by atoms with Crippen molar-refractivity contribution >= 4 is 22.8 Å². The van der Waals surface area contributed by atoms with Crippen LogP contribution in [0.3, 0.4) is 0 Å². The van der Waals surface area contributed by atoms with Crippen LogP contribution in [0.1, 0.15) is 28.4 Å². The minimum Gasteiger partial charge on any atom is -0.357 e. The molecule has 3 rings (SSSR count). The number of carbonyl (C=O) groups is 1. The van der Waals surface area contributed by atoms with Crippen molar-refractivity contribution in [2.45, 2.75) is 19.8 Å². The molecule has 0 unspecified atom stereocenters. The Morgan fingerprint density at radius 1 is 1.03 bits per heavy atom. The van der Waals surface area contributed by atoms with Crippen molar-refractivity contribution in [3.8, 4) is 0 Å². The number of aliphatic imine (C=N–C) groups is 1. The first-order valence-corrected chi connectivity index (χ1v) is 10.4. The molecule has 2 aromatic carbocycles. The van der Waals surface area contributed by atoms with E-state index in [4.69, 9.17) is 4.99 Å². The minimum atomic E-state index is -0.0670. The maximum absolute atomic E-state index is 11.8. The number of nitrogens with zero attached hydrogens (tertiary/aromatic N) is 2. The highest BCUT2D eigenvalue weighted by Gasteiger charge is 2.05. The third-order valence-electron chi connectivity index (χ3n) is 4.83. The Labute approximate surface area is 177 Å². The molecule has 1 amide bonds. The van der Waals surface area contributed by atoms with Gasteiger partial charge in [-0.15, -0.1) is 0 Å². The van der Waals surface area contributed by atoms with Gasteiger partial charge in [0.05, 0.1) is 5.52 Å². The van der Waals surface area contributed by atoms with Gasteiger partial charge in [0.25, 0.3) is 5.91 Å². The van der Waals surface area contributed by atoms with Crippen LogP contribution in [-0.4, -0.2) is 43.5 Å². The summed E-state index contributed by atoms with van der Waals surface area (Å²) >= 11 is 0. The van der Waals surface area contributed by atoms with Crippen LogP contribution in [0.4, 0.5) is 0 Å². The van der Waals surface area contributed by atoms with E-state index < -0.39 is 0 Å². The molecule has 3 N–H and O–H groups in total. The van der Waals surface area contributed by atoms with Crippen LogP contribution in [-0.2, 0) is 12.8 Å². The first-order valence-electron chi connectivity index (χ1n) is 10.4. The number of carbonyl (C=O) groups excluding carboxylic acids is 1. The fraction of sp³-hybridized carbons (Fsp3) is 0.292. The number of para-hydroxylation sites is 1. The molecule has 0 fully saturated rings. The first-order chi connectivity index (χ1) is 14.7. The number of hydrogen-bond acceptors (Lipinski definition) is 3. The fourth-order valence-corrected chi connectivity index (χ4v) is 3.34. The molecule has 0 radical (unpaired) electrons. The molecule has 1 aromatic heterocycles. The maximum atomic E-state index is 11.8. The lowest BCUT2D eigenvalue weighted by atomic mass is 10.1. The Kier molecular flexibility index (Phi) is 7.78. The van der Waals surface area contributed by atoms with Crippen LogP contribution < -0.4 is 16.0 Å². The Hall–Kier alpha value is -3.41. The molecule has 6 heteroatoms. The van der Waals surface area contributed by atoms with Crippen molar-refractivity contribution < 1.29 is 4.79 Å². The van der Waals surface area contributed by atoms with E-state index in [1.807, 2.05) is 36.5 Å². The molecule has 3 aromatic rings. The maximum Gasteiger partial charge on any atom is 0.251 e. The average Bonchev–Trinajstić information content (AvgIpc) is 2.79. The Morgan fingerprint density at radius 2 is 1.87 bits per heavy atom. The van der Waals surface area contributed by atoms with Crippen molar-refractivity contribution in [1.29, 1.82) is 0 Å². The van der Waals surface area contributed by atoms with Crippen LogP contribution >= 0.6 is 0 Å². The molecule has 0 aliphatic carbocycles. The summed E-state index contributed by atoms with van der Waals surface area (Å²) in [5.41, 5.74) is 4.04. The van der Waals surface area contributed by atoms with Crippen molar-refractivity contribution in [2.75, 3.05) is 26.7 Å². The van der Waals surface area contributed by atoms with Crippen molar-refractivity contribution in [3.05, 3.63) is 77.5 Å². The summed E-state index contributed by atoms with van der Waals surface area (Å²) < 4.78 is 0. The number of aromatic nitrogens is 1. The van der Waals surface area contributed by atoms with Crippen molar-refractivity contribution in [3.63, 3.8) is 0 Å². The lowest BCUT2D eigenvalue weighted by Gasteiger charge is -2.12. The normalized spacial score (nSPS) is 11.3. The van der Waals surface area contributed by atoms with Gasteiger partial charge in [-0.2, -0.15) is 0 Å². The number of amides is 1. The van der Waals surface area contributed by atoms with Crippen molar-refractivity contribution in [1.82, 2.24) is 20.9 Å². The molecule has 0 aliphatic heterocycles. The van der Waals surface area contributed by atoms with Gasteiger partial charge in [0, 0.05) is 43.8 Å². The van der Waals surface area contributed by atoms with E-state index in [-0.39, 0.29) is 5.91 Å². The molecule has 30 heavy (non-hydrogen) atoms. The number of rotatable bonds is 8. The predicted molar refractivity (Wildman–Crippen MR) is 123 cm³/mol. The summed E-state index contributed by atoms with van der Waals surface area (Å²) in [6.07, 6.45) is 3.47. The van der Waals surface area contributed by atoms with E-state index in [9.17, 15) is 4.79 Å². The second-order valence-electron chi connectivity index (χ2n) is 6.96. The van der Waals surface area contributed by atoms with Crippen molar-refractivity contribution in [2.24, 2.45) is 4.99 Å². The number of hydrogen-bond donors (Lipinski definition) is 3. The number of benzene rings is 2. The lowest BCUT2D eigenvalue weighted by Crippen LogP contribution is -2.38. The van der Waals surface area contributed by atoms with Gasteiger partial charge < -0.3 is 16.0 Å². The average molecular weight is 404 g/mol. The van der Waals surface area contributed by atoms with Crippen LogP contribution in [0, 0.1) is 0 Å². The zero-order valence-electron chi connectivity index (χ0n) is 17.6. The molecule has 0 spiro atoms. The van der Waals surface area contributed by atoms with Gasteiger partial charge in [0.1, 0.15) is 0 Å². The monoisotopic (exact) mass is 403 g/mol. The molecular weight excluding hydrogens is 374 g/mol. The topological polar surface area (TPSA) is 78.4 Å². The number of nitrogens with one attached hydrogen (secondary N) is 3. The lowest BCUT2D eigenvalue weighted by molar-refractivity contribution is 0.0963. The summed E-state index contributed by atoms with van der Waals surface area (Å²) in [7, 11) is 1.64. The van der Waals surface area contributed by atoms with E-state index in [2.05, 4.69) is 52.1 Å². The zero-order chi connectivity index (χ0) is 21.2. The third-order valence-corrected chi connectivity index (χ3v) is 4.83. The van der Waals surface area contributed by atoms with Gasteiger partial charge in [-0.1, -0.05) is 36.4 Å². The second-order valence-corrected chi connectivity index (χ2v) is 6.96. The molecule has 156 valence electrons. The molecular formula is C24H29N5O. The summed E-state index contributed by atoms with van der Waals surface area (Å²) in [5, 5.41) is 10.5. The zero-order valence-corrected chi connectivity index (χ0v) is 17.6. The first kappa shape index (κ1) is 21.3. The smallest absolute Gasteiger partial charge is 0.251 e. The summed E-state index contributed by atoms with van der Waals surface area (Å²) in [5.74, 6) is 0.732. The van der Waals surface area contributed by atoms with E-state index in [0.29, 0.717) is 12.1 Å². The molecule has 0 saturated carbocycles. The third kappa shape index (κ3) is 5.80. The van der Waals surface area contributed by atoms with E-state index >= 15 is 0 Å². The van der Waals surface area contributed by atoms with E-state index in [1.165, 1.54) is 5.56 Å². The van der Waals surface area contributed by atoms with Gasteiger partial charge >= 0.3 is 0 Å². The van der Waals surface area contributed by atoms with Gasteiger partial charge in [-0.05, 0) is 49.1 Å². The SMILES string of the molecule is CCNC(=NCCc1cccc2cccnc12)NCCc1cccc(C(=O)NC)c1. The Bertz CT molecular complexity index is 1010. The molecule has 6 nitrogen and oxygen atoms in total. The van der Waals surface area contributed by atoms with E-state index in [1.54, 1.807) is 7.05 Å². The van der Waals surface area contributed by atoms with Gasteiger partial charge in [-0.3, -0.25) is 14.8 Å². The largest absolute Gasteiger partial charge is 0.357 e. The molecule has 0 bridgehead atoms. The summed E-state index contributed by atoms with van der Waals surface area (Å²) in [6, 6.07) is 18.0. The number of pyridine rings is 1. The van der Waals surface area contributed by atoms with Gasteiger partial charge in [-0.25, -0.2) is 0 Å². The van der Waals surface area contributed by atoms with Crippen LogP contribution in [0.25, 0.3) is 10.9 Å². The van der Waals surface area contributed by atoms with E-state index in [0.717, 1.165) is 48.4 Å². The van der Waals surface area contributed by atoms with Gasteiger partial charge in [0.2, 0.25) is 0 Å². The highest BCUT2D eigenvalue weighted by molar-refractivity contribution is 5.94. The number of guanidine groups is 1. The number of fused-ring (bicyclic) bond motifs is 1. The Morgan fingerprint density at radius 3 is 2.70 bits per heavy atom. The second kappa shape index (κ2) is 11.0. The van der Waals surface area contributed by atoms with Gasteiger partial charge in [0.15, 0.2) is 5.96 Å². The molecule has 1 heterocycles. The predicted octanol–water partition coefficient (Wildman–Crippen LogP) is 2.93. The Balaban J connectivity index is 1.56. The van der Waals surface area contributed by atoms with Crippen LogP contribution in [0.2, 0.25) is 0 Å². The fourth-order valence-electron chi connectivity index (χ4n) is 3.34. The quantitative estimate of drug-likeness (QED) is 0.399. The minimum absolute atomic E-state index is 0.0670. The highest BCUT2D eigenvalue weighted by atomic mass is 16.1. The molecule has 0 aliphatic rings. The standard InChI is InChI=1S/C24H29N5O/c1-3-26-24(28-15-12-18-7-4-10-21(17-18)23(30)25-2)29-16-13-20-9-5-8-19-11-6-14-27-22(19)20/h4-11,14,17H,3,12-13,15-16H2,1-2H3,(H,25,30)(H2,26,28,29). The highest BCUT2D eigenvalue weighted by Crippen LogP contribution is 2.16. The summed E-state index contributed by atoms with van der Waals surface area (Å²) in [4.78, 5) is 21.0. The molecule has 0 atom stereocenters. The van der Waals surface area contributed by atoms with Crippen LogP contribution in [0.15, 0.2) is 65.8 Å². The summed E-state index contributed by atoms with van der Waals surface area (Å²) in [6.45, 7) is 4.27.